The molecule has 1 aromatic carbocycles. The van der Waals surface area contributed by atoms with Gasteiger partial charge in [0.2, 0.25) is 0 Å². The summed E-state index contributed by atoms with van der Waals surface area (Å²) < 4.78 is 10.8. The summed E-state index contributed by atoms with van der Waals surface area (Å²) in [6.07, 6.45) is 1.02. The highest BCUT2D eigenvalue weighted by atomic mass is 16.5. The molecule has 0 aliphatic carbocycles. The Kier molecular flexibility index (Phi) is 5.05. The van der Waals surface area contributed by atoms with Gasteiger partial charge in [-0.2, -0.15) is 0 Å². The van der Waals surface area contributed by atoms with Gasteiger partial charge in [0.25, 0.3) is 0 Å². The van der Waals surface area contributed by atoms with Gasteiger partial charge in [0, 0.05) is 32.7 Å². The molecular weight excluding hydrogens is 240 g/mol. The van der Waals surface area contributed by atoms with E-state index in [1.54, 1.807) is 14.2 Å². The first-order valence-corrected chi connectivity index (χ1v) is 6.95. The van der Waals surface area contributed by atoms with Crippen LogP contribution in [0.25, 0.3) is 0 Å². The Morgan fingerprint density at radius 2 is 1.63 bits per heavy atom. The van der Waals surface area contributed by atoms with E-state index < -0.39 is 0 Å². The maximum absolute atomic E-state index is 5.41. The summed E-state index contributed by atoms with van der Waals surface area (Å²) in [5, 5.41) is 3.38. The number of ether oxygens (including phenoxy) is 2. The number of methoxy groups -OCH3 is 2. The first-order chi connectivity index (χ1) is 9.28. The molecule has 1 N–H and O–H groups in total. The average molecular weight is 264 g/mol. The summed E-state index contributed by atoms with van der Waals surface area (Å²) in [7, 11) is 3.38. The second kappa shape index (κ2) is 6.78. The van der Waals surface area contributed by atoms with E-state index in [-0.39, 0.29) is 0 Å². The van der Waals surface area contributed by atoms with Gasteiger partial charge < -0.3 is 14.8 Å². The van der Waals surface area contributed by atoms with Gasteiger partial charge in [0.1, 0.15) is 0 Å². The number of nitrogens with zero attached hydrogens (tertiary/aromatic N) is 1. The largest absolute Gasteiger partial charge is 0.493 e. The van der Waals surface area contributed by atoms with Crippen LogP contribution in [0.2, 0.25) is 0 Å². The predicted octanol–water partition coefficient (Wildman–Crippen LogP) is 1.67. The van der Waals surface area contributed by atoms with Crippen LogP contribution in [0, 0.1) is 0 Å². The normalized spacial score (nSPS) is 16.4. The predicted molar refractivity (Wildman–Crippen MR) is 77.1 cm³/mol. The van der Waals surface area contributed by atoms with Crippen molar-refractivity contribution in [3.8, 4) is 11.5 Å². The summed E-state index contributed by atoms with van der Waals surface area (Å²) >= 11 is 0. The topological polar surface area (TPSA) is 33.7 Å². The minimum absolute atomic E-state index is 0.823. The summed E-state index contributed by atoms with van der Waals surface area (Å²) in [6.45, 7) is 7.55. The molecule has 2 rings (SSSR count). The Bertz CT molecular complexity index is 415. The molecule has 19 heavy (non-hydrogen) atoms. The molecule has 0 atom stereocenters. The number of benzene rings is 1. The van der Waals surface area contributed by atoms with Crippen LogP contribution in [-0.4, -0.2) is 45.3 Å². The van der Waals surface area contributed by atoms with Crippen molar-refractivity contribution in [2.24, 2.45) is 0 Å². The quantitative estimate of drug-likeness (QED) is 0.877. The summed E-state index contributed by atoms with van der Waals surface area (Å²) in [5.41, 5.74) is 2.69. The lowest BCUT2D eigenvalue weighted by Gasteiger charge is -2.28. The van der Waals surface area contributed by atoms with Crippen LogP contribution in [0.3, 0.4) is 0 Å². The number of aryl methyl sites for hydroxylation is 1. The number of nitrogens with one attached hydrogen (secondary N) is 1. The second-order valence-corrected chi connectivity index (χ2v) is 4.86. The van der Waals surface area contributed by atoms with Crippen molar-refractivity contribution >= 4 is 0 Å². The lowest BCUT2D eigenvalue weighted by Crippen LogP contribution is -2.43. The standard InChI is InChI=1S/C15H24N2O2/c1-4-12-9-14(18-2)15(19-3)10-13(12)11-17-7-5-16-6-8-17/h9-10,16H,4-8,11H2,1-3H3. The fraction of sp³-hybridized carbons (Fsp3) is 0.600. The molecule has 0 radical (unpaired) electrons. The summed E-state index contributed by atoms with van der Waals surface area (Å²) in [4.78, 5) is 2.48. The SMILES string of the molecule is CCc1cc(OC)c(OC)cc1CN1CCNCC1. The van der Waals surface area contributed by atoms with Crippen molar-refractivity contribution < 1.29 is 9.47 Å². The molecule has 0 bridgehead atoms. The highest BCUT2D eigenvalue weighted by molar-refractivity contribution is 5.47. The van der Waals surface area contributed by atoms with E-state index in [0.29, 0.717) is 0 Å². The molecule has 1 fully saturated rings. The molecule has 1 aromatic rings. The summed E-state index contributed by atoms with van der Waals surface area (Å²) in [6, 6.07) is 4.23. The Balaban J connectivity index is 2.21. The molecule has 0 spiro atoms. The van der Waals surface area contributed by atoms with E-state index in [9.17, 15) is 0 Å². The Morgan fingerprint density at radius 3 is 2.16 bits per heavy atom. The van der Waals surface area contributed by atoms with Gasteiger partial charge in [-0.15, -0.1) is 0 Å². The smallest absolute Gasteiger partial charge is 0.161 e. The van der Waals surface area contributed by atoms with Gasteiger partial charge in [-0.05, 0) is 29.7 Å². The van der Waals surface area contributed by atoms with E-state index in [4.69, 9.17) is 9.47 Å². The van der Waals surface area contributed by atoms with Gasteiger partial charge in [-0.1, -0.05) is 6.92 Å². The monoisotopic (exact) mass is 264 g/mol. The second-order valence-electron chi connectivity index (χ2n) is 4.86. The van der Waals surface area contributed by atoms with Crippen LogP contribution >= 0.6 is 0 Å². The van der Waals surface area contributed by atoms with Crippen LogP contribution in [-0.2, 0) is 13.0 Å². The molecule has 0 saturated carbocycles. The van der Waals surface area contributed by atoms with Crippen molar-refractivity contribution in [1.82, 2.24) is 10.2 Å². The van der Waals surface area contributed by atoms with Crippen molar-refractivity contribution in [3.05, 3.63) is 23.3 Å². The Labute approximate surface area is 115 Å². The lowest BCUT2D eigenvalue weighted by atomic mass is 10.0. The number of rotatable bonds is 5. The lowest BCUT2D eigenvalue weighted by molar-refractivity contribution is 0.232. The molecular formula is C15H24N2O2. The Hall–Kier alpha value is -1.26. The third kappa shape index (κ3) is 3.39. The zero-order valence-corrected chi connectivity index (χ0v) is 12.2. The van der Waals surface area contributed by atoms with Crippen molar-refractivity contribution in [2.45, 2.75) is 19.9 Å². The van der Waals surface area contributed by atoms with Crippen molar-refractivity contribution in [1.29, 1.82) is 0 Å². The maximum atomic E-state index is 5.41. The van der Waals surface area contributed by atoms with Crippen LogP contribution in [0.15, 0.2) is 12.1 Å². The van der Waals surface area contributed by atoms with Crippen LogP contribution < -0.4 is 14.8 Å². The molecule has 106 valence electrons. The van der Waals surface area contributed by atoms with Gasteiger partial charge in [-0.3, -0.25) is 4.90 Å². The molecule has 1 saturated heterocycles. The molecule has 4 heteroatoms. The zero-order chi connectivity index (χ0) is 13.7. The number of hydrogen-bond acceptors (Lipinski definition) is 4. The van der Waals surface area contributed by atoms with Gasteiger partial charge >= 0.3 is 0 Å². The maximum Gasteiger partial charge on any atom is 0.161 e. The van der Waals surface area contributed by atoms with Gasteiger partial charge in [0.05, 0.1) is 14.2 Å². The fourth-order valence-electron chi connectivity index (χ4n) is 2.55. The van der Waals surface area contributed by atoms with E-state index in [1.807, 2.05) is 0 Å². The number of piperazine rings is 1. The molecule has 0 amide bonds. The minimum atomic E-state index is 0.823. The molecule has 1 aliphatic rings. The first kappa shape index (κ1) is 14.2. The number of hydrogen-bond donors (Lipinski definition) is 1. The fourth-order valence-corrected chi connectivity index (χ4v) is 2.55. The van der Waals surface area contributed by atoms with Crippen LogP contribution in [0.1, 0.15) is 18.1 Å². The highest BCUT2D eigenvalue weighted by Gasteiger charge is 2.15. The van der Waals surface area contributed by atoms with Crippen LogP contribution in [0.4, 0.5) is 0 Å². The molecule has 1 aliphatic heterocycles. The highest BCUT2D eigenvalue weighted by Crippen LogP contribution is 2.31. The minimum Gasteiger partial charge on any atom is -0.493 e. The summed E-state index contributed by atoms with van der Waals surface area (Å²) in [5.74, 6) is 1.65. The van der Waals surface area contributed by atoms with Crippen LogP contribution in [0.5, 0.6) is 11.5 Å². The molecule has 0 unspecified atom stereocenters. The third-order valence-corrected chi connectivity index (χ3v) is 3.69. The molecule has 4 nitrogen and oxygen atoms in total. The van der Waals surface area contributed by atoms with E-state index in [0.717, 1.165) is 50.6 Å². The van der Waals surface area contributed by atoms with Crippen molar-refractivity contribution in [3.63, 3.8) is 0 Å². The average Bonchev–Trinajstić information content (AvgIpc) is 2.47. The first-order valence-electron chi connectivity index (χ1n) is 6.95. The van der Waals surface area contributed by atoms with E-state index in [1.165, 1.54) is 11.1 Å². The molecule has 1 heterocycles. The van der Waals surface area contributed by atoms with Crippen molar-refractivity contribution in [2.75, 3.05) is 40.4 Å². The van der Waals surface area contributed by atoms with E-state index in [2.05, 4.69) is 29.3 Å². The molecule has 0 aromatic heterocycles. The Morgan fingerprint density at radius 1 is 1.05 bits per heavy atom. The third-order valence-electron chi connectivity index (χ3n) is 3.69. The van der Waals surface area contributed by atoms with E-state index >= 15 is 0 Å². The van der Waals surface area contributed by atoms with Gasteiger partial charge in [-0.25, -0.2) is 0 Å². The zero-order valence-electron chi connectivity index (χ0n) is 12.2. The van der Waals surface area contributed by atoms with Gasteiger partial charge in [0.15, 0.2) is 11.5 Å².